The summed E-state index contributed by atoms with van der Waals surface area (Å²) in [7, 11) is 13.0. The second-order valence-electron chi connectivity index (χ2n) is 6.47. The minimum absolute atomic E-state index is 0.300. The van der Waals surface area contributed by atoms with Crippen LogP contribution < -0.4 is 0 Å². The van der Waals surface area contributed by atoms with Crippen LogP contribution in [0.5, 0.6) is 0 Å². The summed E-state index contributed by atoms with van der Waals surface area (Å²) in [5, 5.41) is 0. The van der Waals surface area contributed by atoms with Crippen molar-refractivity contribution in [1.29, 1.82) is 0 Å². The molecule has 125 valence electrons. The summed E-state index contributed by atoms with van der Waals surface area (Å²) in [6.45, 7) is 6.66. The van der Waals surface area contributed by atoms with E-state index < -0.39 is 19.4 Å². The zero-order valence-electron chi connectivity index (χ0n) is 14.5. The van der Waals surface area contributed by atoms with E-state index in [1.54, 1.807) is 0 Å². The van der Waals surface area contributed by atoms with Crippen molar-refractivity contribution >= 4 is 23.1 Å². The van der Waals surface area contributed by atoms with E-state index in [4.69, 9.17) is 17.0 Å². The Kier molecular flexibility index (Phi) is 6.07. The van der Waals surface area contributed by atoms with E-state index >= 15 is 0 Å². The van der Waals surface area contributed by atoms with Crippen molar-refractivity contribution in [3.05, 3.63) is 64.2 Å². The molecule has 0 saturated carbocycles. The van der Waals surface area contributed by atoms with Gasteiger partial charge in [0.05, 0.1) is 0 Å². The van der Waals surface area contributed by atoms with E-state index in [1.807, 2.05) is 0 Å². The number of aryl methyl sites for hydroxylation is 2. The Bertz CT molecular complexity index is 777. The van der Waals surface area contributed by atoms with Gasteiger partial charge in [-0.1, -0.05) is 0 Å². The van der Waals surface area contributed by atoms with E-state index in [0.29, 0.717) is 3.63 Å². The first kappa shape index (κ1) is 18.4. The zero-order valence-corrected chi connectivity index (χ0v) is 18.5. The predicted octanol–water partition coefficient (Wildman–Crippen LogP) is 7.25. The van der Waals surface area contributed by atoms with E-state index in [-0.39, 0.29) is 0 Å². The molecule has 0 radical (unpaired) electrons. The third kappa shape index (κ3) is 3.33. The van der Waals surface area contributed by atoms with E-state index in [0.717, 1.165) is 19.3 Å². The van der Waals surface area contributed by atoms with Gasteiger partial charge in [-0.3, -0.25) is 0 Å². The van der Waals surface area contributed by atoms with Crippen LogP contribution in [0.3, 0.4) is 0 Å². The van der Waals surface area contributed by atoms with Gasteiger partial charge in [0, 0.05) is 0 Å². The fourth-order valence-electron chi connectivity index (χ4n) is 3.80. The van der Waals surface area contributed by atoms with E-state index in [1.165, 1.54) is 39.0 Å². The molecule has 3 rings (SSSR count). The molecule has 2 aromatic carbocycles. The van der Waals surface area contributed by atoms with Gasteiger partial charge in [0.2, 0.25) is 0 Å². The molecule has 0 heterocycles. The van der Waals surface area contributed by atoms with Crippen LogP contribution in [0, 0.1) is 0 Å². The Morgan fingerprint density at radius 3 is 2.42 bits per heavy atom. The molecule has 0 bridgehead atoms. The molecular formula is C21H23Cl2Zr. The first-order valence-corrected chi connectivity index (χ1v) is 16.4. The SMILES string of the molecule is CCCc1ccc2c(c1-c1ccccc1CC)C=C(C)[CH]2[Zr]([Cl])[Cl]. The van der Waals surface area contributed by atoms with Gasteiger partial charge in [-0.15, -0.1) is 0 Å². The third-order valence-electron chi connectivity index (χ3n) is 4.91. The van der Waals surface area contributed by atoms with E-state index in [2.05, 4.69) is 63.2 Å². The molecule has 0 N–H and O–H groups in total. The Morgan fingerprint density at radius 1 is 1.00 bits per heavy atom. The molecule has 0 aromatic heterocycles. The van der Waals surface area contributed by atoms with Crippen LogP contribution in [-0.2, 0) is 32.2 Å². The molecule has 0 aliphatic heterocycles. The summed E-state index contributed by atoms with van der Waals surface area (Å²) in [5.41, 5.74) is 9.69. The second-order valence-corrected chi connectivity index (χ2v) is 15.3. The second kappa shape index (κ2) is 7.90. The van der Waals surface area contributed by atoms with E-state index in [9.17, 15) is 0 Å². The summed E-state index contributed by atoms with van der Waals surface area (Å²) in [4.78, 5) is 0. The van der Waals surface area contributed by atoms with Crippen LogP contribution in [-0.4, -0.2) is 0 Å². The molecule has 24 heavy (non-hydrogen) atoms. The van der Waals surface area contributed by atoms with Crippen molar-refractivity contribution in [3.63, 3.8) is 0 Å². The standard InChI is InChI=1S/C21H23.2ClH.Zr/c1-4-8-17-11-12-18-13-15(3)14-20(18)21(17)19-10-7-6-9-16(19)5-2;;;/h6-7,9-14H,4-5,8H2,1-3H3;2*1H;/q;;;+2/p-2. The molecule has 0 spiro atoms. The maximum absolute atomic E-state index is 6.49. The molecule has 0 amide bonds. The quantitative estimate of drug-likeness (QED) is 0.462. The number of fused-ring (bicyclic) bond motifs is 1. The van der Waals surface area contributed by atoms with Crippen LogP contribution in [0.15, 0.2) is 42.0 Å². The van der Waals surface area contributed by atoms with Gasteiger partial charge >= 0.3 is 161 Å². The Balaban J connectivity index is 2.28. The molecule has 1 atom stereocenters. The molecule has 1 aliphatic rings. The number of rotatable bonds is 5. The molecule has 0 nitrogen and oxygen atoms in total. The summed E-state index contributed by atoms with van der Waals surface area (Å²) in [5.74, 6) is 0. The fraction of sp³-hybridized carbons (Fsp3) is 0.333. The summed E-state index contributed by atoms with van der Waals surface area (Å²) < 4.78 is 0.300. The summed E-state index contributed by atoms with van der Waals surface area (Å²) >= 11 is -2.39. The molecule has 1 unspecified atom stereocenters. The van der Waals surface area contributed by atoms with Crippen molar-refractivity contribution < 1.29 is 19.4 Å². The molecule has 2 aromatic rings. The van der Waals surface area contributed by atoms with Crippen molar-refractivity contribution in [3.8, 4) is 11.1 Å². The maximum atomic E-state index is 6.49. The number of hydrogen-bond acceptors (Lipinski definition) is 0. The molecular weight excluding hydrogens is 414 g/mol. The topological polar surface area (TPSA) is 0 Å². The van der Waals surface area contributed by atoms with Gasteiger partial charge in [0.1, 0.15) is 0 Å². The molecule has 0 saturated heterocycles. The van der Waals surface area contributed by atoms with Crippen LogP contribution in [0.2, 0.25) is 0 Å². The van der Waals surface area contributed by atoms with Crippen LogP contribution in [0.1, 0.15) is 53.1 Å². The number of benzene rings is 2. The average molecular weight is 438 g/mol. The van der Waals surface area contributed by atoms with Gasteiger partial charge in [0.15, 0.2) is 0 Å². The normalized spacial score (nSPS) is 16.0. The van der Waals surface area contributed by atoms with Gasteiger partial charge in [0.25, 0.3) is 0 Å². The number of allylic oxidation sites excluding steroid dienone is 1. The van der Waals surface area contributed by atoms with Crippen LogP contribution in [0.25, 0.3) is 17.2 Å². The third-order valence-corrected chi connectivity index (χ3v) is 10.4. The summed E-state index contributed by atoms with van der Waals surface area (Å²) in [6.07, 6.45) is 5.64. The number of halogens is 2. The van der Waals surface area contributed by atoms with Gasteiger partial charge < -0.3 is 0 Å². The first-order valence-electron chi connectivity index (χ1n) is 8.68. The Labute approximate surface area is 160 Å². The molecule has 3 heteroatoms. The van der Waals surface area contributed by atoms with Crippen molar-refractivity contribution in [2.45, 2.75) is 43.7 Å². The van der Waals surface area contributed by atoms with Gasteiger partial charge in [-0.05, 0) is 0 Å². The van der Waals surface area contributed by atoms with Gasteiger partial charge in [-0.2, -0.15) is 0 Å². The van der Waals surface area contributed by atoms with Crippen molar-refractivity contribution in [2.24, 2.45) is 0 Å². The molecule has 0 fully saturated rings. The Morgan fingerprint density at radius 2 is 1.75 bits per heavy atom. The Hall–Kier alpha value is -0.357. The molecule has 1 aliphatic carbocycles. The predicted molar refractivity (Wildman–Crippen MR) is 103 cm³/mol. The van der Waals surface area contributed by atoms with Gasteiger partial charge in [-0.25, -0.2) is 0 Å². The number of hydrogen-bond donors (Lipinski definition) is 0. The zero-order chi connectivity index (χ0) is 17.3. The van der Waals surface area contributed by atoms with Crippen LogP contribution >= 0.6 is 17.0 Å². The minimum atomic E-state index is -2.39. The monoisotopic (exact) mass is 435 g/mol. The van der Waals surface area contributed by atoms with Crippen LogP contribution in [0.4, 0.5) is 0 Å². The first-order chi connectivity index (χ1) is 11.6. The van der Waals surface area contributed by atoms with Crippen molar-refractivity contribution in [1.82, 2.24) is 0 Å². The van der Waals surface area contributed by atoms with Crippen molar-refractivity contribution in [2.75, 3.05) is 0 Å². The average Bonchev–Trinajstić information content (AvgIpc) is 2.91. The fourth-order valence-corrected chi connectivity index (χ4v) is 9.48. The summed E-state index contributed by atoms with van der Waals surface area (Å²) in [6, 6.07) is 13.4.